The standard InChI is InChI=1S/C21H20N4O3S/c1-28-12-11-24-10-9-15-16(4-2-5-18(15)24)22-20(26)14-25-21(27)8-7-17(23-25)19-6-3-13-29-19/h2-10,13H,11-12,14H2,1H3,(H,22,26). The topological polar surface area (TPSA) is 78.2 Å². The van der Waals surface area contributed by atoms with E-state index in [2.05, 4.69) is 15.0 Å². The molecule has 3 aromatic heterocycles. The Balaban J connectivity index is 1.54. The number of methoxy groups -OCH3 is 1. The number of aromatic nitrogens is 3. The highest BCUT2D eigenvalue weighted by Gasteiger charge is 2.11. The number of fused-ring (bicyclic) bond motifs is 1. The molecule has 0 atom stereocenters. The summed E-state index contributed by atoms with van der Waals surface area (Å²) in [4.78, 5) is 25.7. The molecular formula is C21H20N4O3S. The zero-order chi connectivity index (χ0) is 20.2. The minimum Gasteiger partial charge on any atom is -0.383 e. The maximum absolute atomic E-state index is 12.6. The van der Waals surface area contributed by atoms with Gasteiger partial charge < -0.3 is 14.6 Å². The van der Waals surface area contributed by atoms with Crippen molar-refractivity contribution in [2.75, 3.05) is 19.0 Å². The second-order valence-corrected chi connectivity index (χ2v) is 7.43. The molecule has 29 heavy (non-hydrogen) atoms. The van der Waals surface area contributed by atoms with Gasteiger partial charge in [-0.05, 0) is 35.7 Å². The maximum atomic E-state index is 12.6. The number of hydrogen-bond donors (Lipinski definition) is 1. The molecule has 0 unspecified atom stereocenters. The summed E-state index contributed by atoms with van der Waals surface area (Å²) in [5, 5.41) is 10.1. The number of nitrogens with one attached hydrogen (secondary N) is 1. The van der Waals surface area contributed by atoms with Gasteiger partial charge in [0.05, 0.1) is 22.7 Å². The first kappa shape index (κ1) is 19.1. The molecule has 0 radical (unpaired) electrons. The fourth-order valence-corrected chi connectivity index (χ4v) is 3.85. The molecule has 1 aromatic carbocycles. The molecule has 0 saturated heterocycles. The molecule has 0 aliphatic rings. The predicted molar refractivity (Wildman–Crippen MR) is 114 cm³/mol. The quantitative estimate of drug-likeness (QED) is 0.509. The van der Waals surface area contributed by atoms with Crippen LogP contribution >= 0.6 is 11.3 Å². The van der Waals surface area contributed by atoms with Gasteiger partial charge in [-0.25, -0.2) is 4.68 Å². The van der Waals surface area contributed by atoms with Crippen LogP contribution in [0, 0.1) is 0 Å². The molecule has 7 nitrogen and oxygen atoms in total. The molecule has 0 aliphatic heterocycles. The molecule has 0 aliphatic carbocycles. The third-order valence-corrected chi connectivity index (χ3v) is 5.45. The van der Waals surface area contributed by atoms with Crippen molar-refractivity contribution >= 4 is 33.8 Å². The van der Waals surface area contributed by atoms with Crippen LogP contribution in [0.5, 0.6) is 0 Å². The summed E-state index contributed by atoms with van der Waals surface area (Å²) in [6.45, 7) is 1.18. The fourth-order valence-electron chi connectivity index (χ4n) is 3.16. The van der Waals surface area contributed by atoms with Gasteiger partial charge in [-0.2, -0.15) is 5.10 Å². The molecule has 0 saturated carbocycles. The smallest absolute Gasteiger partial charge is 0.267 e. The number of amides is 1. The van der Waals surface area contributed by atoms with Gasteiger partial charge in [0.25, 0.3) is 5.56 Å². The van der Waals surface area contributed by atoms with Crippen LogP contribution < -0.4 is 10.9 Å². The first-order valence-corrected chi connectivity index (χ1v) is 10.0. The van der Waals surface area contributed by atoms with Gasteiger partial charge in [0.1, 0.15) is 12.2 Å². The number of carbonyl (C=O) groups is 1. The van der Waals surface area contributed by atoms with E-state index in [-0.39, 0.29) is 18.0 Å². The van der Waals surface area contributed by atoms with Gasteiger partial charge in [0, 0.05) is 31.3 Å². The predicted octanol–water partition coefficient (Wildman–Crippen LogP) is 3.21. The molecule has 1 N–H and O–H groups in total. The maximum Gasteiger partial charge on any atom is 0.267 e. The summed E-state index contributed by atoms with van der Waals surface area (Å²) in [7, 11) is 1.67. The second-order valence-electron chi connectivity index (χ2n) is 6.48. The van der Waals surface area contributed by atoms with Crippen molar-refractivity contribution in [1.29, 1.82) is 0 Å². The molecule has 0 spiro atoms. The van der Waals surface area contributed by atoms with Gasteiger partial charge in [0.15, 0.2) is 0 Å². The van der Waals surface area contributed by atoms with Gasteiger partial charge in [-0.15, -0.1) is 11.3 Å². The number of thiophene rings is 1. The third-order valence-electron chi connectivity index (χ3n) is 4.56. The van der Waals surface area contributed by atoms with E-state index < -0.39 is 0 Å². The molecule has 0 bridgehead atoms. The highest BCUT2D eigenvalue weighted by Crippen LogP contribution is 2.25. The number of ether oxygens (including phenoxy) is 1. The van der Waals surface area contributed by atoms with E-state index >= 15 is 0 Å². The Kier molecular flexibility index (Phi) is 5.55. The minimum absolute atomic E-state index is 0.154. The van der Waals surface area contributed by atoms with Crippen molar-refractivity contribution in [3.05, 3.63) is 70.5 Å². The van der Waals surface area contributed by atoms with Crippen LogP contribution in [0.3, 0.4) is 0 Å². The third kappa shape index (κ3) is 4.13. The number of nitrogens with zero attached hydrogens (tertiary/aromatic N) is 3. The number of benzene rings is 1. The Hall–Kier alpha value is -3.23. The number of carbonyl (C=O) groups excluding carboxylic acids is 1. The lowest BCUT2D eigenvalue weighted by Crippen LogP contribution is -2.29. The Bertz CT molecular complexity index is 1190. The number of hydrogen-bond acceptors (Lipinski definition) is 5. The summed E-state index contributed by atoms with van der Waals surface area (Å²) < 4.78 is 8.41. The number of anilines is 1. The van der Waals surface area contributed by atoms with E-state index in [0.29, 0.717) is 18.0 Å². The second kappa shape index (κ2) is 8.42. The van der Waals surface area contributed by atoms with Crippen LogP contribution in [0.2, 0.25) is 0 Å². The van der Waals surface area contributed by atoms with E-state index in [1.807, 2.05) is 48.0 Å². The summed E-state index contributed by atoms with van der Waals surface area (Å²) in [6.07, 6.45) is 1.97. The summed E-state index contributed by atoms with van der Waals surface area (Å²) in [6, 6.07) is 14.7. The molecule has 0 fully saturated rings. The van der Waals surface area contributed by atoms with Crippen LogP contribution in [0.15, 0.2) is 64.9 Å². The summed E-state index contributed by atoms with van der Waals surface area (Å²) in [5.41, 5.74) is 2.06. The summed E-state index contributed by atoms with van der Waals surface area (Å²) in [5.74, 6) is -0.305. The van der Waals surface area contributed by atoms with Crippen LogP contribution in [0.25, 0.3) is 21.5 Å². The summed E-state index contributed by atoms with van der Waals surface area (Å²) >= 11 is 1.53. The average molecular weight is 408 g/mol. The first-order chi connectivity index (χ1) is 14.2. The lowest BCUT2D eigenvalue weighted by Gasteiger charge is -2.10. The van der Waals surface area contributed by atoms with Crippen molar-refractivity contribution in [2.24, 2.45) is 0 Å². The van der Waals surface area contributed by atoms with Crippen molar-refractivity contribution in [1.82, 2.24) is 14.3 Å². The SMILES string of the molecule is COCCn1ccc2c(NC(=O)Cn3nc(-c4cccs4)ccc3=O)cccc21. The van der Waals surface area contributed by atoms with Gasteiger partial charge in [-0.3, -0.25) is 9.59 Å². The van der Waals surface area contributed by atoms with Gasteiger partial charge >= 0.3 is 0 Å². The van der Waals surface area contributed by atoms with E-state index in [4.69, 9.17) is 4.74 Å². The largest absolute Gasteiger partial charge is 0.383 e. The van der Waals surface area contributed by atoms with Crippen LogP contribution in [0.1, 0.15) is 0 Å². The molecule has 4 aromatic rings. The Morgan fingerprint density at radius 3 is 2.86 bits per heavy atom. The van der Waals surface area contributed by atoms with Gasteiger partial charge in [0.2, 0.25) is 5.91 Å². The van der Waals surface area contributed by atoms with Crippen molar-refractivity contribution in [2.45, 2.75) is 13.1 Å². The monoisotopic (exact) mass is 408 g/mol. The fraction of sp³-hybridized carbons (Fsp3) is 0.190. The Morgan fingerprint density at radius 2 is 2.07 bits per heavy atom. The highest BCUT2D eigenvalue weighted by atomic mass is 32.1. The zero-order valence-electron chi connectivity index (χ0n) is 15.9. The minimum atomic E-state index is -0.315. The lowest BCUT2D eigenvalue weighted by atomic mass is 10.2. The molecule has 8 heteroatoms. The van der Waals surface area contributed by atoms with Crippen molar-refractivity contribution < 1.29 is 9.53 Å². The Morgan fingerprint density at radius 1 is 1.17 bits per heavy atom. The van der Waals surface area contributed by atoms with Crippen molar-refractivity contribution in [3.63, 3.8) is 0 Å². The van der Waals surface area contributed by atoms with Crippen LogP contribution in [0.4, 0.5) is 5.69 Å². The Labute approximate surface area is 171 Å². The molecule has 1 amide bonds. The van der Waals surface area contributed by atoms with E-state index in [0.717, 1.165) is 22.3 Å². The first-order valence-electron chi connectivity index (χ1n) is 9.14. The van der Waals surface area contributed by atoms with Crippen LogP contribution in [-0.4, -0.2) is 34.0 Å². The highest BCUT2D eigenvalue weighted by molar-refractivity contribution is 7.13. The number of rotatable bonds is 7. The molecule has 3 heterocycles. The van der Waals surface area contributed by atoms with Gasteiger partial charge in [-0.1, -0.05) is 12.1 Å². The molecule has 148 valence electrons. The van der Waals surface area contributed by atoms with E-state index in [9.17, 15) is 9.59 Å². The molecular weight excluding hydrogens is 388 g/mol. The van der Waals surface area contributed by atoms with E-state index in [1.165, 1.54) is 22.1 Å². The normalized spacial score (nSPS) is 11.1. The average Bonchev–Trinajstić information content (AvgIpc) is 3.39. The zero-order valence-corrected chi connectivity index (χ0v) is 16.7. The lowest BCUT2D eigenvalue weighted by molar-refractivity contribution is -0.117. The van der Waals surface area contributed by atoms with Crippen LogP contribution in [-0.2, 0) is 22.6 Å². The van der Waals surface area contributed by atoms with E-state index in [1.54, 1.807) is 13.2 Å². The van der Waals surface area contributed by atoms with Crippen molar-refractivity contribution in [3.8, 4) is 10.6 Å². The molecule has 4 rings (SSSR count).